The van der Waals surface area contributed by atoms with Crippen LogP contribution in [0.5, 0.6) is 0 Å². The van der Waals surface area contributed by atoms with Crippen LogP contribution in [0, 0.1) is 5.92 Å². The third kappa shape index (κ3) is 4.00. The number of hydrogen-bond acceptors (Lipinski definition) is 3. The molecule has 0 bridgehead atoms. The van der Waals surface area contributed by atoms with Crippen molar-refractivity contribution in [1.29, 1.82) is 0 Å². The van der Waals surface area contributed by atoms with Gasteiger partial charge in [-0.2, -0.15) is 0 Å². The maximum atomic E-state index is 13.2. The van der Waals surface area contributed by atoms with Crippen molar-refractivity contribution < 1.29 is 9.59 Å². The van der Waals surface area contributed by atoms with Gasteiger partial charge in [-0.1, -0.05) is 24.3 Å². The van der Waals surface area contributed by atoms with Gasteiger partial charge < -0.3 is 15.1 Å². The van der Waals surface area contributed by atoms with Crippen molar-refractivity contribution in [2.45, 2.75) is 32.2 Å². The van der Waals surface area contributed by atoms with E-state index < -0.39 is 0 Å². The number of carbonyl (C=O) groups excluding carboxylic acids is 2. The minimum absolute atomic E-state index is 0.0695. The zero-order chi connectivity index (χ0) is 18.6. The molecule has 1 aromatic heterocycles. The number of urea groups is 1. The molecule has 6 heteroatoms. The Morgan fingerprint density at radius 1 is 1.11 bits per heavy atom. The molecule has 142 valence electrons. The molecule has 2 aliphatic heterocycles. The molecule has 1 fully saturated rings. The average Bonchev–Trinajstić information content (AvgIpc) is 3.25. The lowest BCUT2D eigenvalue weighted by atomic mass is 9.94. The highest BCUT2D eigenvalue weighted by atomic mass is 32.1. The largest absolute Gasteiger partial charge is 0.333 e. The van der Waals surface area contributed by atoms with Gasteiger partial charge in [-0.15, -0.1) is 11.3 Å². The number of thiophene rings is 1. The van der Waals surface area contributed by atoms with Gasteiger partial charge >= 0.3 is 6.03 Å². The summed E-state index contributed by atoms with van der Waals surface area (Å²) < 4.78 is 0. The number of para-hydroxylation sites is 1. The van der Waals surface area contributed by atoms with Gasteiger partial charge in [0.15, 0.2) is 0 Å². The predicted octanol–water partition coefficient (Wildman–Crippen LogP) is 3.65. The van der Waals surface area contributed by atoms with Crippen LogP contribution >= 0.6 is 11.3 Å². The van der Waals surface area contributed by atoms with Crippen molar-refractivity contribution >= 4 is 29.0 Å². The molecule has 0 spiro atoms. The van der Waals surface area contributed by atoms with Crippen molar-refractivity contribution in [2.75, 3.05) is 24.5 Å². The highest BCUT2D eigenvalue weighted by Gasteiger charge is 2.33. The Bertz CT molecular complexity index is 806. The highest BCUT2D eigenvalue weighted by Crippen LogP contribution is 2.30. The predicted molar refractivity (Wildman–Crippen MR) is 108 cm³/mol. The summed E-state index contributed by atoms with van der Waals surface area (Å²) in [5, 5.41) is 4.99. The zero-order valence-corrected chi connectivity index (χ0v) is 16.2. The minimum atomic E-state index is -0.114. The standard InChI is InChI=1S/C21H25N3O2S/c25-20(24-12-4-7-16-6-1-2-10-19(16)24)17-8-3-11-23(15-17)21(26)22-14-18-9-5-13-27-18/h1-2,5-6,9-10,13,17H,3-4,7-8,11-12,14-15H2,(H,22,26). The Morgan fingerprint density at radius 2 is 2.00 bits per heavy atom. The van der Waals surface area contributed by atoms with Crippen molar-refractivity contribution in [3.63, 3.8) is 0 Å². The molecule has 1 saturated heterocycles. The number of benzene rings is 1. The van der Waals surface area contributed by atoms with E-state index in [4.69, 9.17) is 0 Å². The number of anilines is 1. The normalized spacial score (nSPS) is 19.5. The average molecular weight is 384 g/mol. The third-order valence-corrected chi connectivity index (χ3v) is 6.30. The molecule has 0 saturated carbocycles. The summed E-state index contributed by atoms with van der Waals surface area (Å²) in [7, 11) is 0. The summed E-state index contributed by atoms with van der Waals surface area (Å²) in [5.41, 5.74) is 2.30. The number of nitrogens with zero attached hydrogens (tertiary/aromatic N) is 2. The van der Waals surface area contributed by atoms with E-state index in [1.54, 1.807) is 16.2 Å². The fourth-order valence-corrected chi connectivity index (χ4v) is 4.68. The second kappa shape index (κ2) is 8.13. The number of aryl methyl sites for hydroxylation is 1. The monoisotopic (exact) mass is 383 g/mol. The Labute approximate surface area is 164 Å². The molecular weight excluding hydrogens is 358 g/mol. The Kier molecular flexibility index (Phi) is 5.43. The molecule has 3 heterocycles. The van der Waals surface area contributed by atoms with Gasteiger partial charge in [-0.05, 0) is 48.8 Å². The van der Waals surface area contributed by atoms with Gasteiger partial charge in [0, 0.05) is 30.2 Å². The summed E-state index contributed by atoms with van der Waals surface area (Å²) >= 11 is 1.64. The smallest absolute Gasteiger partial charge is 0.317 e. The van der Waals surface area contributed by atoms with Crippen molar-refractivity contribution in [2.24, 2.45) is 5.92 Å². The Hall–Kier alpha value is -2.34. The molecule has 2 aliphatic rings. The van der Waals surface area contributed by atoms with Crippen LogP contribution in [-0.2, 0) is 17.8 Å². The number of piperidine rings is 1. The number of likely N-dealkylation sites (tertiary alicyclic amines) is 1. The van der Waals surface area contributed by atoms with E-state index in [1.165, 1.54) is 5.56 Å². The number of hydrogen-bond donors (Lipinski definition) is 1. The maximum absolute atomic E-state index is 13.2. The first kappa shape index (κ1) is 18.0. The van der Waals surface area contributed by atoms with Gasteiger partial charge in [-0.3, -0.25) is 4.79 Å². The van der Waals surface area contributed by atoms with Crippen LogP contribution in [0.4, 0.5) is 10.5 Å². The first-order valence-electron chi connectivity index (χ1n) is 9.67. The zero-order valence-electron chi connectivity index (χ0n) is 15.4. The summed E-state index contributed by atoms with van der Waals surface area (Å²) in [6.07, 6.45) is 3.76. The molecule has 1 aromatic carbocycles. The molecule has 2 aromatic rings. The number of carbonyl (C=O) groups is 2. The summed E-state index contributed by atoms with van der Waals surface area (Å²) in [6.45, 7) is 2.55. The summed E-state index contributed by atoms with van der Waals surface area (Å²) in [4.78, 5) is 30.6. The van der Waals surface area contributed by atoms with Crippen molar-refractivity contribution in [3.05, 3.63) is 52.2 Å². The van der Waals surface area contributed by atoms with E-state index in [0.29, 0.717) is 13.1 Å². The summed E-state index contributed by atoms with van der Waals surface area (Å²) in [6, 6.07) is 12.1. The first-order chi connectivity index (χ1) is 13.2. The van der Waals surface area contributed by atoms with Crippen molar-refractivity contribution in [1.82, 2.24) is 10.2 Å². The Balaban J connectivity index is 1.39. The summed E-state index contributed by atoms with van der Waals surface area (Å²) in [5.74, 6) is 0.0512. The fraction of sp³-hybridized carbons (Fsp3) is 0.429. The van der Waals surface area contributed by atoms with Gasteiger partial charge in [0.05, 0.1) is 12.5 Å². The van der Waals surface area contributed by atoms with Gasteiger partial charge in [0.25, 0.3) is 0 Å². The number of amides is 3. The lowest BCUT2D eigenvalue weighted by Gasteiger charge is -2.37. The van der Waals surface area contributed by atoms with Gasteiger partial charge in [-0.25, -0.2) is 4.79 Å². The molecule has 5 nitrogen and oxygen atoms in total. The molecule has 0 aliphatic carbocycles. The molecule has 3 amide bonds. The quantitative estimate of drug-likeness (QED) is 0.880. The van der Waals surface area contributed by atoms with Crippen LogP contribution in [-0.4, -0.2) is 36.5 Å². The maximum Gasteiger partial charge on any atom is 0.317 e. The van der Waals surface area contributed by atoms with Crippen LogP contribution in [0.3, 0.4) is 0 Å². The van der Waals surface area contributed by atoms with Crippen LogP contribution in [0.2, 0.25) is 0 Å². The number of rotatable bonds is 3. The third-order valence-electron chi connectivity index (χ3n) is 5.43. The molecule has 1 atom stereocenters. The van der Waals surface area contributed by atoms with Crippen molar-refractivity contribution in [3.8, 4) is 0 Å². The van der Waals surface area contributed by atoms with Crippen LogP contribution in [0.15, 0.2) is 41.8 Å². The molecule has 1 unspecified atom stereocenters. The lowest BCUT2D eigenvalue weighted by Crippen LogP contribution is -2.50. The topological polar surface area (TPSA) is 52.7 Å². The van der Waals surface area contributed by atoms with Crippen LogP contribution in [0.1, 0.15) is 29.7 Å². The van der Waals surface area contributed by atoms with Crippen LogP contribution < -0.4 is 10.2 Å². The lowest BCUT2D eigenvalue weighted by molar-refractivity contribution is -0.123. The van der Waals surface area contributed by atoms with Gasteiger partial charge in [0.2, 0.25) is 5.91 Å². The number of nitrogens with one attached hydrogen (secondary N) is 1. The second-order valence-corrected chi connectivity index (χ2v) is 8.28. The van der Waals surface area contributed by atoms with Gasteiger partial charge in [0.1, 0.15) is 0 Å². The van der Waals surface area contributed by atoms with E-state index in [1.807, 2.05) is 40.6 Å². The molecule has 1 N–H and O–H groups in total. The Morgan fingerprint density at radius 3 is 2.85 bits per heavy atom. The molecular formula is C21H25N3O2S. The molecule has 4 rings (SSSR count). The number of fused-ring (bicyclic) bond motifs is 1. The minimum Gasteiger partial charge on any atom is -0.333 e. The highest BCUT2D eigenvalue weighted by molar-refractivity contribution is 7.09. The van der Waals surface area contributed by atoms with E-state index in [2.05, 4.69) is 11.4 Å². The van der Waals surface area contributed by atoms with E-state index in [9.17, 15) is 9.59 Å². The fourth-order valence-electron chi connectivity index (χ4n) is 4.03. The van der Waals surface area contributed by atoms with E-state index in [0.717, 1.165) is 49.3 Å². The first-order valence-corrected chi connectivity index (χ1v) is 10.5. The molecule has 27 heavy (non-hydrogen) atoms. The SMILES string of the molecule is O=C(NCc1cccs1)N1CCCC(C(=O)N2CCCc3ccccc32)C1. The van der Waals surface area contributed by atoms with E-state index >= 15 is 0 Å². The second-order valence-electron chi connectivity index (χ2n) is 7.25. The molecule has 0 radical (unpaired) electrons. The van der Waals surface area contributed by atoms with E-state index in [-0.39, 0.29) is 17.9 Å². The van der Waals surface area contributed by atoms with Crippen LogP contribution in [0.25, 0.3) is 0 Å².